The van der Waals surface area contributed by atoms with Crippen LogP contribution in [0.2, 0.25) is 0 Å². The van der Waals surface area contributed by atoms with E-state index in [1.54, 1.807) is 6.92 Å². The molecule has 130 valence electrons. The fourth-order valence-corrected chi connectivity index (χ4v) is 2.00. The zero-order valence-electron chi connectivity index (χ0n) is 14.3. The van der Waals surface area contributed by atoms with E-state index in [4.69, 9.17) is 23.7 Å². The summed E-state index contributed by atoms with van der Waals surface area (Å²) in [5.41, 5.74) is -0.536. The van der Waals surface area contributed by atoms with Crippen LogP contribution < -0.4 is 0 Å². The van der Waals surface area contributed by atoms with Gasteiger partial charge in [0.05, 0.1) is 18.3 Å². The molecule has 2 unspecified atom stereocenters. The van der Waals surface area contributed by atoms with Crippen molar-refractivity contribution in [1.29, 1.82) is 0 Å². The molecule has 0 aliphatic heterocycles. The van der Waals surface area contributed by atoms with Gasteiger partial charge in [-0.15, -0.1) is 0 Å². The minimum Gasteiger partial charge on any atom is -0.463 e. The summed E-state index contributed by atoms with van der Waals surface area (Å²) in [5, 5.41) is 0. The minimum absolute atomic E-state index is 0.154. The third-order valence-electron chi connectivity index (χ3n) is 2.63. The SMILES string of the molecule is COCCOC(=O)OC(C)CC(C)(C)OC(C)COC(C)=O. The Kier molecular flexibility index (Phi) is 9.76. The summed E-state index contributed by atoms with van der Waals surface area (Å²) >= 11 is 0. The van der Waals surface area contributed by atoms with Crippen LogP contribution in [0.15, 0.2) is 0 Å². The first-order valence-electron chi connectivity index (χ1n) is 7.30. The van der Waals surface area contributed by atoms with E-state index >= 15 is 0 Å². The normalized spacial score (nSPS) is 14.1. The fraction of sp³-hybridized carbons (Fsp3) is 0.867. The molecular weight excluding hydrogens is 292 g/mol. The van der Waals surface area contributed by atoms with E-state index < -0.39 is 11.8 Å². The molecule has 0 aliphatic rings. The number of ether oxygens (including phenoxy) is 5. The van der Waals surface area contributed by atoms with E-state index in [-0.39, 0.29) is 31.4 Å². The van der Waals surface area contributed by atoms with Crippen molar-refractivity contribution in [3.63, 3.8) is 0 Å². The van der Waals surface area contributed by atoms with Crippen molar-refractivity contribution in [2.24, 2.45) is 0 Å². The maximum atomic E-state index is 11.4. The van der Waals surface area contributed by atoms with Gasteiger partial charge < -0.3 is 23.7 Å². The van der Waals surface area contributed by atoms with Crippen molar-refractivity contribution in [3.8, 4) is 0 Å². The first-order valence-corrected chi connectivity index (χ1v) is 7.30. The Morgan fingerprint density at radius 1 is 1.05 bits per heavy atom. The van der Waals surface area contributed by atoms with Crippen LogP contribution in [-0.4, -0.2) is 56.9 Å². The Bertz CT molecular complexity index is 341. The van der Waals surface area contributed by atoms with Crippen LogP contribution in [0, 0.1) is 0 Å². The highest BCUT2D eigenvalue weighted by Crippen LogP contribution is 2.21. The van der Waals surface area contributed by atoms with E-state index in [1.807, 2.05) is 20.8 Å². The number of hydrogen-bond acceptors (Lipinski definition) is 7. The summed E-state index contributed by atoms with van der Waals surface area (Å²) in [6.45, 7) is 9.36. The Labute approximate surface area is 132 Å². The van der Waals surface area contributed by atoms with Crippen molar-refractivity contribution in [3.05, 3.63) is 0 Å². The van der Waals surface area contributed by atoms with Crippen LogP contribution in [0.5, 0.6) is 0 Å². The number of esters is 1. The zero-order chi connectivity index (χ0) is 17.2. The molecule has 0 N–H and O–H groups in total. The fourth-order valence-electron chi connectivity index (χ4n) is 2.00. The van der Waals surface area contributed by atoms with E-state index in [9.17, 15) is 9.59 Å². The predicted molar refractivity (Wildman–Crippen MR) is 79.6 cm³/mol. The molecule has 0 amide bonds. The third kappa shape index (κ3) is 11.3. The van der Waals surface area contributed by atoms with Crippen LogP contribution in [0.1, 0.15) is 41.0 Å². The van der Waals surface area contributed by atoms with Gasteiger partial charge in [-0.1, -0.05) is 0 Å². The summed E-state index contributed by atoms with van der Waals surface area (Å²) in [4.78, 5) is 22.2. The lowest BCUT2D eigenvalue weighted by molar-refractivity contribution is -0.151. The lowest BCUT2D eigenvalue weighted by Gasteiger charge is -2.31. The molecule has 2 atom stereocenters. The molecule has 0 aromatic heterocycles. The monoisotopic (exact) mass is 320 g/mol. The smallest absolute Gasteiger partial charge is 0.463 e. The van der Waals surface area contributed by atoms with Gasteiger partial charge >= 0.3 is 12.1 Å². The molecule has 0 saturated carbocycles. The van der Waals surface area contributed by atoms with Crippen LogP contribution >= 0.6 is 0 Å². The Balaban J connectivity index is 4.10. The van der Waals surface area contributed by atoms with E-state index in [1.165, 1.54) is 14.0 Å². The molecule has 22 heavy (non-hydrogen) atoms. The van der Waals surface area contributed by atoms with Gasteiger partial charge in [0.1, 0.15) is 19.3 Å². The number of methoxy groups -OCH3 is 1. The zero-order valence-corrected chi connectivity index (χ0v) is 14.3. The molecular formula is C15H28O7. The summed E-state index contributed by atoms with van der Waals surface area (Å²) in [7, 11) is 1.52. The molecule has 0 rings (SSSR count). The van der Waals surface area contributed by atoms with E-state index in [0.29, 0.717) is 13.0 Å². The summed E-state index contributed by atoms with van der Waals surface area (Å²) in [5.74, 6) is -0.344. The first kappa shape index (κ1) is 20.7. The van der Waals surface area contributed by atoms with Crippen LogP contribution in [0.4, 0.5) is 4.79 Å². The standard InChI is InChI=1S/C15H28O7/c1-11(21-14(17)19-8-7-18-6)9-15(4,5)22-12(2)10-20-13(3)16/h11-12H,7-10H2,1-6H3. The summed E-state index contributed by atoms with van der Waals surface area (Å²) in [6.07, 6.45) is -0.865. The second kappa shape index (κ2) is 10.4. The quantitative estimate of drug-likeness (QED) is 0.451. The molecule has 7 nitrogen and oxygen atoms in total. The van der Waals surface area contributed by atoms with E-state index in [0.717, 1.165) is 0 Å². The second-order valence-corrected chi connectivity index (χ2v) is 5.71. The average molecular weight is 320 g/mol. The van der Waals surface area contributed by atoms with Crippen molar-refractivity contribution < 1.29 is 33.3 Å². The second-order valence-electron chi connectivity index (χ2n) is 5.71. The molecule has 0 bridgehead atoms. The molecule has 0 aromatic carbocycles. The Morgan fingerprint density at radius 2 is 1.68 bits per heavy atom. The largest absolute Gasteiger partial charge is 0.508 e. The molecule has 0 saturated heterocycles. The Hall–Kier alpha value is -1.34. The maximum Gasteiger partial charge on any atom is 0.508 e. The summed E-state index contributed by atoms with van der Waals surface area (Å²) in [6, 6.07) is 0. The highest BCUT2D eigenvalue weighted by molar-refractivity contribution is 5.65. The Morgan fingerprint density at radius 3 is 2.23 bits per heavy atom. The topological polar surface area (TPSA) is 80.3 Å². The highest BCUT2D eigenvalue weighted by Gasteiger charge is 2.26. The molecule has 0 aromatic rings. The van der Waals surface area contributed by atoms with Gasteiger partial charge in [0.2, 0.25) is 0 Å². The van der Waals surface area contributed by atoms with Crippen LogP contribution in [-0.2, 0) is 28.5 Å². The molecule has 0 aliphatic carbocycles. The van der Waals surface area contributed by atoms with Gasteiger partial charge in [-0.2, -0.15) is 0 Å². The highest BCUT2D eigenvalue weighted by atomic mass is 16.7. The van der Waals surface area contributed by atoms with Crippen molar-refractivity contribution in [2.75, 3.05) is 26.9 Å². The van der Waals surface area contributed by atoms with Gasteiger partial charge in [0.25, 0.3) is 0 Å². The van der Waals surface area contributed by atoms with Gasteiger partial charge in [0.15, 0.2) is 0 Å². The average Bonchev–Trinajstić information content (AvgIpc) is 2.35. The maximum absolute atomic E-state index is 11.4. The van der Waals surface area contributed by atoms with Gasteiger partial charge in [-0.05, 0) is 27.7 Å². The van der Waals surface area contributed by atoms with Gasteiger partial charge in [-0.3, -0.25) is 4.79 Å². The number of carbonyl (C=O) groups excluding carboxylic acids is 2. The molecule has 0 fully saturated rings. The number of carbonyl (C=O) groups is 2. The lowest BCUT2D eigenvalue weighted by Crippen LogP contribution is -2.36. The molecule has 0 spiro atoms. The lowest BCUT2D eigenvalue weighted by atomic mass is 10.0. The summed E-state index contributed by atoms with van der Waals surface area (Å²) < 4.78 is 25.4. The van der Waals surface area contributed by atoms with E-state index in [2.05, 4.69) is 0 Å². The van der Waals surface area contributed by atoms with Crippen molar-refractivity contribution in [2.45, 2.75) is 58.8 Å². The number of hydrogen-bond donors (Lipinski definition) is 0. The first-order chi connectivity index (χ1) is 10.2. The minimum atomic E-state index is -0.728. The predicted octanol–water partition coefficient (Wildman–Crippen LogP) is 2.31. The molecule has 7 heteroatoms. The molecule has 0 radical (unpaired) electrons. The van der Waals surface area contributed by atoms with Crippen LogP contribution in [0.25, 0.3) is 0 Å². The van der Waals surface area contributed by atoms with Crippen molar-refractivity contribution in [1.82, 2.24) is 0 Å². The third-order valence-corrected chi connectivity index (χ3v) is 2.63. The molecule has 0 heterocycles. The van der Waals surface area contributed by atoms with Crippen molar-refractivity contribution >= 4 is 12.1 Å². The van der Waals surface area contributed by atoms with Gasteiger partial charge in [-0.25, -0.2) is 4.79 Å². The van der Waals surface area contributed by atoms with Gasteiger partial charge in [0, 0.05) is 20.5 Å². The number of rotatable bonds is 10. The van der Waals surface area contributed by atoms with Crippen LogP contribution in [0.3, 0.4) is 0 Å².